The zero-order valence-electron chi connectivity index (χ0n) is 10.1. The molecule has 2 N–H and O–H groups in total. The van der Waals surface area contributed by atoms with Gasteiger partial charge in [0.05, 0.1) is 7.11 Å². The molecule has 7 nitrogen and oxygen atoms in total. The van der Waals surface area contributed by atoms with E-state index in [0.29, 0.717) is 13.0 Å². The molecule has 1 aromatic heterocycles. The summed E-state index contributed by atoms with van der Waals surface area (Å²) in [6.45, 7) is 0.492. The molecule has 0 spiro atoms. The molecular weight excluding hydrogens is 238 g/mol. The maximum absolute atomic E-state index is 12.2. The minimum Gasteiger partial charge on any atom is -0.467 e. The minimum atomic E-state index is -0.561. The number of aromatic amines is 2. The standard InChI is InChI=1S/C11H15N3O4/c1-18-10(16)8-4-2-3-5-14(8)9(15)7-6-12-11(17)13-7/h6,8H,2-5H2,1H3,(H2,12,13,17)/t8-/m1/s1. The third-order valence-electron chi connectivity index (χ3n) is 3.06. The molecule has 18 heavy (non-hydrogen) atoms. The maximum Gasteiger partial charge on any atom is 0.328 e. The Hall–Kier alpha value is -2.05. The van der Waals surface area contributed by atoms with E-state index in [-0.39, 0.29) is 11.6 Å². The van der Waals surface area contributed by atoms with Crippen molar-refractivity contribution in [2.45, 2.75) is 25.3 Å². The molecule has 1 saturated heterocycles. The molecule has 0 aromatic carbocycles. The van der Waals surface area contributed by atoms with Crippen LogP contribution >= 0.6 is 0 Å². The summed E-state index contributed by atoms with van der Waals surface area (Å²) in [5, 5.41) is 0. The van der Waals surface area contributed by atoms with Crippen molar-refractivity contribution < 1.29 is 14.3 Å². The number of imidazole rings is 1. The van der Waals surface area contributed by atoms with Gasteiger partial charge in [0.1, 0.15) is 11.7 Å². The molecular formula is C11H15N3O4. The van der Waals surface area contributed by atoms with Gasteiger partial charge in [0.15, 0.2) is 0 Å². The number of piperidine rings is 1. The molecule has 0 bridgehead atoms. The van der Waals surface area contributed by atoms with Crippen LogP contribution < -0.4 is 5.69 Å². The largest absolute Gasteiger partial charge is 0.467 e. The second kappa shape index (κ2) is 5.07. The highest BCUT2D eigenvalue weighted by Crippen LogP contribution is 2.19. The number of hydrogen-bond donors (Lipinski definition) is 2. The van der Waals surface area contributed by atoms with Gasteiger partial charge in [0, 0.05) is 12.7 Å². The number of aromatic nitrogens is 2. The quantitative estimate of drug-likeness (QED) is 0.718. The van der Waals surface area contributed by atoms with Gasteiger partial charge in [-0.05, 0) is 19.3 Å². The number of rotatable bonds is 2. The molecule has 7 heteroatoms. The number of H-pyrrole nitrogens is 2. The molecule has 1 aliphatic heterocycles. The topological polar surface area (TPSA) is 95.3 Å². The summed E-state index contributed by atoms with van der Waals surface area (Å²) in [7, 11) is 1.30. The first kappa shape index (κ1) is 12.4. The molecule has 98 valence electrons. The highest BCUT2D eigenvalue weighted by molar-refractivity contribution is 5.95. The number of ether oxygens (including phenoxy) is 1. The Morgan fingerprint density at radius 1 is 1.44 bits per heavy atom. The average molecular weight is 253 g/mol. The van der Waals surface area contributed by atoms with E-state index in [4.69, 9.17) is 4.74 Å². The van der Waals surface area contributed by atoms with Crippen LogP contribution in [0.2, 0.25) is 0 Å². The van der Waals surface area contributed by atoms with Crippen molar-refractivity contribution in [2.24, 2.45) is 0 Å². The molecule has 2 heterocycles. The zero-order valence-corrected chi connectivity index (χ0v) is 10.1. The van der Waals surface area contributed by atoms with Crippen molar-refractivity contribution in [2.75, 3.05) is 13.7 Å². The third kappa shape index (κ3) is 2.29. The predicted molar refractivity (Wildman–Crippen MR) is 62.1 cm³/mol. The lowest BCUT2D eigenvalue weighted by atomic mass is 10.0. The number of carbonyl (C=O) groups excluding carboxylic acids is 2. The first-order valence-electron chi connectivity index (χ1n) is 5.80. The number of carbonyl (C=O) groups is 2. The van der Waals surface area contributed by atoms with Gasteiger partial charge in [0.2, 0.25) is 0 Å². The molecule has 1 amide bonds. The van der Waals surface area contributed by atoms with E-state index in [1.807, 2.05) is 0 Å². The van der Waals surface area contributed by atoms with Gasteiger partial charge in [-0.2, -0.15) is 0 Å². The van der Waals surface area contributed by atoms with Crippen molar-refractivity contribution in [1.29, 1.82) is 0 Å². The Balaban J connectivity index is 2.21. The molecule has 0 saturated carbocycles. The van der Waals surface area contributed by atoms with Gasteiger partial charge in [-0.15, -0.1) is 0 Å². The number of nitrogens with zero attached hydrogens (tertiary/aromatic N) is 1. The lowest BCUT2D eigenvalue weighted by molar-refractivity contribution is -0.147. The van der Waals surface area contributed by atoms with E-state index in [2.05, 4.69) is 9.97 Å². The van der Waals surface area contributed by atoms with E-state index < -0.39 is 17.7 Å². The smallest absolute Gasteiger partial charge is 0.328 e. The Bertz CT molecular complexity index is 504. The lowest BCUT2D eigenvalue weighted by Crippen LogP contribution is -2.48. The van der Waals surface area contributed by atoms with Crippen LogP contribution in [0.15, 0.2) is 11.0 Å². The molecule has 0 aliphatic carbocycles. The summed E-state index contributed by atoms with van der Waals surface area (Å²) < 4.78 is 4.70. The highest BCUT2D eigenvalue weighted by atomic mass is 16.5. The molecule has 0 radical (unpaired) electrons. The van der Waals surface area contributed by atoms with Gasteiger partial charge in [-0.3, -0.25) is 4.79 Å². The van der Waals surface area contributed by atoms with Crippen LogP contribution in [0.3, 0.4) is 0 Å². The number of nitrogens with one attached hydrogen (secondary N) is 2. The first-order chi connectivity index (χ1) is 8.63. The Kier molecular flexibility index (Phi) is 3.50. The Morgan fingerprint density at radius 3 is 2.83 bits per heavy atom. The van der Waals surface area contributed by atoms with Gasteiger partial charge in [0.25, 0.3) is 5.91 Å². The fourth-order valence-corrected chi connectivity index (χ4v) is 2.16. The average Bonchev–Trinajstić information content (AvgIpc) is 2.83. The zero-order chi connectivity index (χ0) is 13.1. The van der Waals surface area contributed by atoms with Crippen LogP contribution in [0, 0.1) is 0 Å². The van der Waals surface area contributed by atoms with Crippen LogP contribution in [0.4, 0.5) is 0 Å². The predicted octanol–water partition coefficient (Wildman–Crippen LogP) is -0.129. The van der Waals surface area contributed by atoms with Crippen molar-refractivity contribution >= 4 is 11.9 Å². The van der Waals surface area contributed by atoms with Crippen molar-refractivity contribution in [3.05, 3.63) is 22.4 Å². The first-order valence-corrected chi connectivity index (χ1v) is 5.80. The van der Waals surface area contributed by atoms with Gasteiger partial charge in [-0.25, -0.2) is 9.59 Å². The summed E-state index contributed by atoms with van der Waals surface area (Å²) in [5.74, 6) is -0.774. The second-order valence-corrected chi connectivity index (χ2v) is 4.19. The number of hydrogen-bond acceptors (Lipinski definition) is 4. The maximum atomic E-state index is 12.2. The summed E-state index contributed by atoms with van der Waals surface area (Å²) in [5.41, 5.74) is -0.277. The number of amides is 1. The van der Waals surface area contributed by atoms with Crippen LogP contribution in [-0.4, -0.2) is 46.4 Å². The van der Waals surface area contributed by atoms with Gasteiger partial charge < -0.3 is 19.6 Å². The Morgan fingerprint density at radius 2 is 2.22 bits per heavy atom. The number of likely N-dealkylation sites (tertiary alicyclic amines) is 1. The van der Waals surface area contributed by atoms with Crippen LogP contribution in [0.1, 0.15) is 29.8 Å². The Labute approximate surface area is 103 Å². The van der Waals surface area contributed by atoms with Crippen molar-refractivity contribution in [3.8, 4) is 0 Å². The van der Waals surface area contributed by atoms with Crippen LogP contribution in [0.25, 0.3) is 0 Å². The van der Waals surface area contributed by atoms with E-state index in [1.165, 1.54) is 18.2 Å². The van der Waals surface area contributed by atoms with Gasteiger partial charge in [-0.1, -0.05) is 0 Å². The lowest BCUT2D eigenvalue weighted by Gasteiger charge is -2.33. The summed E-state index contributed by atoms with van der Waals surface area (Å²) in [6.07, 6.45) is 3.63. The van der Waals surface area contributed by atoms with E-state index in [0.717, 1.165) is 12.8 Å². The van der Waals surface area contributed by atoms with E-state index >= 15 is 0 Å². The second-order valence-electron chi connectivity index (χ2n) is 4.19. The summed E-state index contributed by atoms with van der Waals surface area (Å²) in [4.78, 5) is 41.0. The fourth-order valence-electron chi connectivity index (χ4n) is 2.16. The molecule has 1 aromatic rings. The van der Waals surface area contributed by atoms with Crippen molar-refractivity contribution in [1.82, 2.24) is 14.9 Å². The molecule has 0 unspecified atom stereocenters. The normalized spacial score (nSPS) is 19.6. The monoisotopic (exact) mass is 253 g/mol. The van der Waals surface area contributed by atoms with Crippen LogP contribution in [0.5, 0.6) is 0 Å². The highest BCUT2D eigenvalue weighted by Gasteiger charge is 2.33. The minimum absolute atomic E-state index is 0.163. The summed E-state index contributed by atoms with van der Waals surface area (Å²) in [6, 6.07) is -0.561. The van der Waals surface area contributed by atoms with Gasteiger partial charge >= 0.3 is 11.7 Å². The molecule has 1 aliphatic rings. The van der Waals surface area contributed by atoms with Crippen molar-refractivity contribution in [3.63, 3.8) is 0 Å². The van der Waals surface area contributed by atoms with E-state index in [9.17, 15) is 14.4 Å². The molecule has 1 atom stereocenters. The van der Waals surface area contributed by atoms with Crippen LogP contribution in [-0.2, 0) is 9.53 Å². The molecule has 1 fully saturated rings. The van der Waals surface area contributed by atoms with E-state index in [1.54, 1.807) is 0 Å². The number of esters is 1. The number of methoxy groups -OCH3 is 1. The molecule has 2 rings (SSSR count). The fraction of sp³-hybridized carbons (Fsp3) is 0.545. The SMILES string of the molecule is COC(=O)[C@H]1CCCCN1C(=O)c1c[nH]c(=O)[nH]1. The third-order valence-corrected chi connectivity index (χ3v) is 3.06. The summed E-state index contributed by atoms with van der Waals surface area (Å²) >= 11 is 0.